The second-order valence-corrected chi connectivity index (χ2v) is 22.3. The molecular weight excluding hydrogens is 897 g/mol. The summed E-state index contributed by atoms with van der Waals surface area (Å²) < 4.78 is 11.1. The van der Waals surface area contributed by atoms with E-state index in [0.29, 0.717) is 38.0 Å². The summed E-state index contributed by atoms with van der Waals surface area (Å²) in [4.78, 5) is 43.2. The first-order valence-electron chi connectivity index (χ1n) is 23.9. The van der Waals surface area contributed by atoms with Gasteiger partial charge in [-0.25, -0.2) is 18.7 Å². The Morgan fingerprint density at radius 3 is 1.10 bits per heavy atom. The van der Waals surface area contributed by atoms with Crippen molar-refractivity contribution in [3.8, 4) is 0 Å². The van der Waals surface area contributed by atoms with E-state index in [4.69, 9.17) is 0 Å². The molecule has 0 N–H and O–H groups in total. The molecule has 0 atom stereocenters. The molecule has 0 aliphatic carbocycles. The topological polar surface area (TPSA) is 201 Å². The first-order chi connectivity index (χ1) is 32.0. The summed E-state index contributed by atoms with van der Waals surface area (Å²) in [6.45, 7) is 44.4. The van der Waals surface area contributed by atoms with Crippen LogP contribution >= 0.6 is 0 Å². The molecule has 6 heterocycles. The maximum Gasteiger partial charge on any atom is 0.151 e. The molecule has 18 heteroatoms. The average molecular weight is 987 g/mol. The van der Waals surface area contributed by atoms with E-state index in [9.17, 15) is 19.2 Å². The molecular formula is C53H90N14O4. The molecule has 6 aromatic heterocycles. The highest BCUT2D eigenvalue weighted by Crippen LogP contribution is 2.20. The maximum atomic E-state index is 10.8. The van der Waals surface area contributed by atoms with Gasteiger partial charge in [0.15, 0.2) is 11.6 Å². The van der Waals surface area contributed by atoms with Crippen molar-refractivity contribution >= 4 is 23.1 Å². The predicted molar refractivity (Wildman–Crippen MR) is 283 cm³/mol. The number of carbonyl (C=O) groups excluding carboxylic acids is 4. The number of hydrogen-bond acceptors (Lipinski definition) is 12. The van der Waals surface area contributed by atoms with Gasteiger partial charge >= 0.3 is 0 Å². The average Bonchev–Trinajstić information content (AvgIpc) is 4.03. The predicted octanol–water partition coefficient (Wildman–Crippen LogP) is 10.0. The summed E-state index contributed by atoms with van der Waals surface area (Å²) in [6.07, 6.45) is 14.4. The second-order valence-electron chi connectivity index (χ2n) is 22.3. The van der Waals surface area contributed by atoms with E-state index in [1.807, 2.05) is 66.3 Å². The molecule has 396 valence electrons. The van der Waals surface area contributed by atoms with Crippen LogP contribution in [0.15, 0.2) is 61.6 Å². The van der Waals surface area contributed by atoms with Crippen LogP contribution in [0, 0.1) is 13.8 Å². The summed E-state index contributed by atoms with van der Waals surface area (Å²) in [7, 11) is 0. The summed E-state index contributed by atoms with van der Waals surface area (Å²) in [5.74, 6) is 0.401. The summed E-state index contributed by atoms with van der Waals surface area (Å²) >= 11 is 0. The highest BCUT2D eigenvalue weighted by molar-refractivity contribution is 5.78. The van der Waals surface area contributed by atoms with Crippen molar-refractivity contribution in [2.45, 2.75) is 220 Å². The normalized spacial score (nSPS) is 11.3. The lowest BCUT2D eigenvalue weighted by atomic mass is 9.93. The Kier molecular flexibility index (Phi) is 26.1. The third-order valence-electron chi connectivity index (χ3n) is 9.71. The Hall–Kier alpha value is -6.20. The Morgan fingerprint density at radius 2 is 0.901 bits per heavy atom. The molecule has 0 fully saturated rings. The van der Waals surface area contributed by atoms with Crippen molar-refractivity contribution in [1.29, 1.82) is 0 Å². The van der Waals surface area contributed by atoms with Crippen LogP contribution in [0.3, 0.4) is 0 Å². The maximum absolute atomic E-state index is 10.8. The van der Waals surface area contributed by atoms with Crippen LogP contribution in [-0.4, -0.2) is 92.2 Å². The standard InChI is InChI=1S/4C9H15N3O.2C8H13N.CH4/c2*1-7(13)5-12-6-8(10-11-12)9(2,3)4;2*1-7(13)5-8-6-12(11-10-8)9(2,3)4;1-7(2)9-5-4-8(3)6-9;1-7(2)9-6-4-5-8(9)3;/h4*6H,5H2,1-4H3;2*4-7H,1-3H3;1H4. The molecule has 0 aliphatic heterocycles. The summed E-state index contributed by atoms with van der Waals surface area (Å²) in [6, 6.07) is 7.52. The fourth-order valence-electron chi connectivity index (χ4n) is 5.72. The van der Waals surface area contributed by atoms with Crippen LogP contribution in [0.4, 0.5) is 0 Å². The van der Waals surface area contributed by atoms with Gasteiger partial charge in [-0.1, -0.05) is 69.8 Å². The van der Waals surface area contributed by atoms with Crippen molar-refractivity contribution in [3.63, 3.8) is 0 Å². The van der Waals surface area contributed by atoms with Gasteiger partial charge in [0.25, 0.3) is 0 Å². The van der Waals surface area contributed by atoms with E-state index in [1.165, 1.54) is 11.3 Å². The lowest BCUT2D eigenvalue weighted by Crippen LogP contribution is -2.22. The summed E-state index contributed by atoms with van der Waals surface area (Å²) in [5.41, 5.74) is 5.83. The van der Waals surface area contributed by atoms with Gasteiger partial charge in [0, 0.05) is 72.0 Å². The number of rotatable bonds is 10. The zero-order valence-corrected chi connectivity index (χ0v) is 46.7. The minimum absolute atomic E-state index is 0. The third-order valence-corrected chi connectivity index (χ3v) is 9.71. The molecule has 0 unspecified atom stereocenters. The van der Waals surface area contributed by atoms with Crippen LogP contribution in [-0.2, 0) is 67.0 Å². The molecule has 0 aromatic carbocycles. The Bertz CT molecular complexity index is 2240. The largest absolute Gasteiger partial charge is 0.352 e. The number of Topliss-reactive ketones (excluding diaryl/α,β-unsaturated/α-hetero) is 4. The molecule has 0 aliphatic rings. The molecule has 0 saturated heterocycles. The van der Waals surface area contributed by atoms with E-state index in [0.717, 1.165) is 22.8 Å². The zero-order chi connectivity index (χ0) is 53.9. The van der Waals surface area contributed by atoms with Gasteiger partial charge in [-0.2, -0.15) is 0 Å². The monoisotopic (exact) mass is 987 g/mol. The zero-order valence-electron chi connectivity index (χ0n) is 46.7. The van der Waals surface area contributed by atoms with Crippen molar-refractivity contribution in [2.24, 2.45) is 0 Å². The number of ketones is 4. The first-order valence-corrected chi connectivity index (χ1v) is 23.9. The number of aryl methyl sites for hydroxylation is 2. The van der Waals surface area contributed by atoms with Crippen LogP contribution in [0.25, 0.3) is 0 Å². The minimum Gasteiger partial charge on any atom is -0.352 e. The van der Waals surface area contributed by atoms with Gasteiger partial charge in [-0.05, 0) is 135 Å². The van der Waals surface area contributed by atoms with E-state index >= 15 is 0 Å². The van der Waals surface area contributed by atoms with E-state index in [2.05, 4.69) is 170 Å². The first kappa shape index (κ1) is 64.8. The number of carbonyl (C=O) groups is 4. The Morgan fingerprint density at radius 1 is 0.507 bits per heavy atom. The van der Waals surface area contributed by atoms with Gasteiger partial charge < -0.3 is 9.13 Å². The van der Waals surface area contributed by atoms with Gasteiger partial charge in [0.1, 0.15) is 24.7 Å². The van der Waals surface area contributed by atoms with E-state index in [1.54, 1.807) is 46.4 Å². The molecule has 71 heavy (non-hydrogen) atoms. The van der Waals surface area contributed by atoms with Gasteiger partial charge in [-0.3, -0.25) is 19.2 Å². The lowest BCUT2D eigenvalue weighted by molar-refractivity contribution is -0.118. The molecule has 0 radical (unpaired) electrons. The van der Waals surface area contributed by atoms with Gasteiger partial charge in [0.05, 0.1) is 46.7 Å². The fraction of sp³-hybridized carbons (Fsp3) is 0.623. The molecule has 0 bridgehead atoms. The van der Waals surface area contributed by atoms with E-state index < -0.39 is 0 Å². The second kappa shape index (κ2) is 28.6. The van der Waals surface area contributed by atoms with Crippen molar-refractivity contribution in [1.82, 2.24) is 69.1 Å². The fourth-order valence-corrected chi connectivity index (χ4v) is 5.72. The van der Waals surface area contributed by atoms with Crippen molar-refractivity contribution < 1.29 is 19.2 Å². The lowest BCUT2D eigenvalue weighted by Gasteiger charge is -2.17. The SMILES string of the molecule is C.CC(=O)Cc1cn(C(C)(C)C)nn1.CC(=O)Cc1cn(C(C)(C)C)nn1.CC(=O)Cn1cc(C(C)(C)C)nn1.CC(=O)Cn1cc(C(C)(C)C)nn1.Cc1cccn1C(C)C.Cc1ccn(C(C)C)c1. The number of hydrogen-bond donors (Lipinski definition) is 0. The molecule has 0 amide bonds. The molecule has 0 spiro atoms. The smallest absolute Gasteiger partial charge is 0.151 e. The molecule has 6 aromatic rings. The Balaban J connectivity index is 0.000000831. The summed E-state index contributed by atoms with van der Waals surface area (Å²) in [5, 5.41) is 31.5. The van der Waals surface area contributed by atoms with Crippen LogP contribution in [0.2, 0.25) is 0 Å². The molecule has 6 rings (SSSR count). The van der Waals surface area contributed by atoms with Crippen LogP contribution in [0.5, 0.6) is 0 Å². The van der Waals surface area contributed by atoms with Crippen LogP contribution in [0.1, 0.15) is 192 Å². The highest BCUT2D eigenvalue weighted by Gasteiger charge is 2.20. The Labute approximate surface area is 425 Å². The minimum atomic E-state index is -0.0674. The van der Waals surface area contributed by atoms with Crippen molar-refractivity contribution in [3.05, 3.63) is 95.6 Å². The molecule has 0 saturated carbocycles. The van der Waals surface area contributed by atoms with E-state index in [-0.39, 0.29) is 52.5 Å². The van der Waals surface area contributed by atoms with Crippen molar-refractivity contribution in [2.75, 3.05) is 0 Å². The van der Waals surface area contributed by atoms with Crippen LogP contribution < -0.4 is 0 Å². The highest BCUT2D eigenvalue weighted by atomic mass is 16.1. The van der Waals surface area contributed by atoms with Gasteiger partial charge in [-0.15, -0.1) is 20.4 Å². The quantitative estimate of drug-likeness (QED) is 0.126. The third kappa shape index (κ3) is 26.0. The number of nitrogens with zero attached hydrogens (tertiary/aromatic N) is 14. The molecule has 18 nitrogen and oxygen atoms in total. The number of aromatic nitrogens is 14. The van der Waals surface area contributed by atoms with Gasteiger partial charge in [0.2, 0.25) is 0 Å².